The van der Waals surface area contributed by atoms with Gasteiger partial charge in [0.25, 0.3) is 0 Å². The Morgan fingerprint density at radius 2 is 2.00 bits per heavy atom. The number of hydrogen-bond donors (Lipinski definition) is 1. The lowest BCUT2D eigenvalue weighted by Crippen LogP contribution is -2.42. The number of rotatable bonds is 6. The number of likely N-dealkylation sites (N-methyl/N-ethyl adjacent to an activating group) is 1. The van der Waals surface area contributed by atoms with Gasteiger partial charge in [-0.15, -0.1) is 0 Å². The highest BCUT2D eigenvalue weighted by Gasteiger charge is 2.24. The van der Waals surface area contributed by atoms with Gasteiger partial charge >= 0.3 is 0 Å². The molecule has 1 heterocycles. The second-order valence-electron chi connectivity index (χ2n) is 6.67. The molecule has 0 aromatic rings. The number of carbonyl (C=O) groups excluding carboxylic acids is 1. The van der Waals surface area contributed by atoms with E-state index in [1.54, 1.807) is 0 Å². The van der Waals surface area contributed by atoms with E-state index in [9.17, 15) is 4.79 Å². The molecule has 2 N–H and O–H groups in total. The van der Waals surface area contributed by atoms with Crippen LogP contribution in [0.25, 0.3) is 0 Å². The molecule has 0 aromatic carbocycles. The predicted molar refractivity (Wildman–Crippen MR) is 84.5 cm³/mol. The van der Waals surface area contributed by atoms with Gasteiger partial charge in [-0.2, -0.15) is 0 Å². The van der Waals surface area contributed by atoms with Gasteiger partial charge in [0, 0.05) is 25.6 Å². The lowest BCUT2D eigenvalue weighted by atomic mass is 9.88. The SMILES string of the molecule is CC(C)C(CCN)CCC(=O)N1CCCN(C)CC1C. The Morgan fingerprint density at radius 3 is 2.60 bits per heavy atom. The monoisotopic (exact) mass is 283 g/mol. The molecule has 118 valence electrons. The molecule has 1 amide bonds. The molecule has 20 heavy (non-hydrogen) atoms. The van der Waals surface area contributed by atoms with Crippen molar-refractivity contribution >= 4 is 5.91 Å². The van der Waals surface area contributed by atoms with Gasteiger partial charge in [0.05, 0.1) is 0 Å². The second-order valence-corrected chi connectivity index (χ2v) is 6.67. The van der Waals surface area contributed by atoms with Gasteiger partial charge in [-0.3, -0.25) is 4.79 Å². The van der Waals surface area contributed by atoms with E-state index in [-0.39, 0.29) is 0 Å². The van der Waals surface area contributed by atoms with Gasteiger partial charge < -0.3 is 15.5 Å². The van der Waals surface area contributed by atoms with E-state index >= 15 is 0 Å². The molecule has 0 aromatic heterocycles. The Morgan fingerprint density at radius 1 is 1.30 bits per heavy atom. The summed E-state index contributed by atoms with van der Waals surface area (Å²) in [6.07, 6.45) is 3.77. The first-order chi connectivity index (χ1) is 9.45. The molecule has 4 heteroatoms. The average Bonchev–Trinajstić information content (AvgIpc) is 2.54. The van der Waals surface area contributed by atoms with Crippen molar-refractivity contribution in [2.75, 3.05) is 33.2 Å². The van der Waals surface area contributed by atoms with E-state index in [1.807, 2.05) is 0 Å². The van der Waals surface area contributed by atoms with Gasteiger partial charge in [-0.05, 0) is 58.2 Å². The maximum atomic E-state index is 12.5. The molecule has 4 nitrogen and oxygen atoms in total. The highest BCUT2D eigenvalue weighted by atomic mass is 16.2. The molecule has 0 saturated carbocycles. The molecule has 0 aliphatic carbocycles. The Balaban J connectivity index is 2.48. The summed E-state index contributed by atoms with van der Waals surface area (Å²) in [4.78, 5) is 16.9. The Labute approximate surface area is 124 Å². The minimum atomic E-state index is 0.329. The van der Waals surface area contributed by atoms with Gasteiger partial charge in [-0.1, -0.05) is 13.8 Å². The van der Waals surface area contributed by atoms with Crippen LogP contribution in [0.15, 0.2) is 0 Å². The highest BCUT2D eigenvalue weighted by molar-refractivity contribution is 5.76. The molecule has 0 spiro atoms. The lowest BCUT2D eigenvalue weighted by Gasteiger charge is -2.29. The van der Waals surface area contributed by atoms with Gasteiger partial charge in [0.15, 0.2) is 0 Å². The molecular weight excluding hydrogens is 250 g/mol. The van der Waals surface area contributed by atoms with Crippen LogP contribution in [0.3, 0.4) is 0 Å². The number of amides is 1. The van der Waals surface area contributed by atoms with E-state index < -0.39 is 0 Å². The summed E-state index contributed by atoms with van der Waals surface area (Å²) in [5.74, 6) is 1.52. The molecule has 1 aliphatic heterocycles. The zero-order chi connectivity index (χ0) is 15.1. The van der Waals surface area contributed by atoms with E-state index in [1.165, 1.54) is 0 Å². The van der Waals surface area contributed by atoms with E-state index in [4.69, 9.17) is 5.73 Å². The number of carbonyl (C=O) groups is 1. The molecule has 2 atom stereocenters. The molecule has 0 bridgehead atoms. The molecule has 0 radical (unpaired) electrons. The molecule has 1 saturated heterocycles. The third-order valence-corrected chi connectivity index (χ3v) is 4.58. The molecule has 1 fully saturated rings. The molecule has 1 aliphatic rings. The van der Waals surface area contributed by atoms with Crippen LogP contribution in [-0.4, -0.2) is 55.0 Å². The number of hydrogen-bond acceptors (Lipinski definition) is 3. The van der Waals surface area contributed by atoms with Crippen molar-refractivity contribution in [1.29, 1.82) is 0 Å². The first-order valence-electron chi connectivity index (χ1n) is 8.13. The fourth-order valence-corrected chi connectivity index (χ4v) is 3.22. The predicted octanol–water partition coefficient (Wildman–Crippen LogP) is 1.94. The zero-order valence-corrected chi connectivity index (χ0v) is 13.8. The maximum Gasteiger partial charge on any atom is 0.222 e. The first kappa shape index (κ1) is 17.4. The van der Waals surface area contributed by atoms with Gasteiger partial charge in [-0.25, -0.2) is 0 Å². The van der Waals surface area contributed by atoms with Crippen LogP contribution in [0.1, 0.15) is 46.5 Å². The summed E-state index contributed by atoms with van der Waals surface area (Å²) in [5, 5.41) is 0. The van der Waals surface area contributed by atoms with Crippen molar-refractivity contribution in [3.05, 3.63) is 0 Å². The molecule has 1 rings (SSSR count). The third kappa shape index (κ3) is 5.41. The quantitative estimate of drug-likeness (QED) is 0.810. The van der Waals surface area contributed by atoms with Crippen molar-refractivity contribution in [3.63, 3.8) is 0 Å². The third-order valence-electron chi connectivity index (χ3n) is 4.58. The van der Waals surface area contributed by atoms with Crippen molar-refractivity contribution < 1.29 is 4.79 Å². The van der Waals surface area contributed by atoms with Crippen LogP contribution < -0.4 is 5.73 Å². The number of nitrogens with zero attached hydrogens (tertiary/aromatic N) is 2. The smallest absolute Gasteiger partial charge is 0.222 e. The summed E-state index contributed by atoms with van der Waals surface area (Å²) >= 11 is 0. The summed E-state index contributed by atoms with van der Waals surface area (Å²) in [6, 6.07) is 0.335. The summed E-state index contributed by atoms with van der Waals surface area (Å²) < 4.78 is 0. The Hall–Kier alpha value is -0.610. The van der Waals surface area contributed by atoms with Gasteiger partial charge in [0.2, 0.25) is 5.91 Å². The van der Waals surface area contributed by atoms with Crippen LogP contribution in [-0.2, 0) is 4.79 Å². The molecule has 2 unspecified atom stereocenters. The number of nitrogens with two attached hydrogens (primary N) is 1. The minimum Gasteiger partial charge on any atom is -0.339 e. The summed E-state index contributed by atoms with van der Waals surface area (Å²) in [5.41, 5.74) is 5.67. The second kappa shape index (κ2) is 8.63. The van der Waals surface area contributed by atoms with Crippen LogP contribution in [0.5, 0.6) is 0 Å². The van der Waals surface area contributed by atoms with Crippen molar-refractivity contribution in [2.45, 2.75) is 52.5 Å². The largest absolute Gasteiger partial charge is 0.339 e. The van der Waals surface area contributed by atoms with E-state index in [0.717, 1.165) is 45.4 Å². The van der Waals surface area contributed by atoms with Crippen molar-refractivity contribution in [3.8, 4) is 0 Å². The average molecular weight is 283 g/mol. The Kier molecular flexibility index (Phi) is 7.52. The molecular formula is C16H33N3O. The van der Waals surface area contributed by atoms with Crippen molar-refractivity contribution in [1.82, 2.24) is 9.80 Å². The van der Waals surface area contributed by atoms with E-state index in [2.05, 4.69) is 37.6 Å². The Bertz CT molecular complexity index is 293. The fraction of sp³-hybridized carbons (Fsp3) is 0.938. The summed E-state index contributed by atoms with van der Waals surface area (Å²) in [6.45, 7) is 10.3. The van der Waals surface area contributed by atoms with Crippen LogP contribution in [0, 0.1) is 11.8 Å². The maximum absolute atomic E-state index is 12.5. The van der Waals surface area contributed by atoms with Crippen LogP contribution >= 0.6 is 0 Å². The van der Waals surface area contributed by atoms with Crippen LogP contribution in [0.2, 0.25) is 0 Å². The minimum absolute atomic E-state index is 0.329. The van der Waals surface area contributed by atoms with E-state index in [0.29, 0.717) is 30.2 Å². The summed E-state index contributed by atoms with van der Waals surface area (Å²) in [7, 11) is 2.14. The zero-order valence-electron chi connectivity index (χ0n) is 13.8. The highest BCUT2D eigenvalue weighted by Crippen LogP contribution is 2.21. The fourth-order valence-electron chi connectivity index (χ4n) is 3.22. The van der Waals surface area contributed by atoms with Crippen LogP contribution in [0.4, 0.5) is 0 Å². The topological polar surface area (TPSA) is 49.6 Å². The lowest BCUT2D eigenvalue weighted by molar-refractivity contribution is -0.133. The van der Waals surface area contributed by atoms with Gasteiger partial charge in [0.1, 0.15) is 0 Å². The first-order valence-corrected chi connectivity index (χ1v) is 8.13. The standard InChI is InChI=1S/C16H33N3O/c1-13(2)15(8-9-17)6-7-16(20)19-11-5-10-18(4)12-14(19)3/h13-15H,5-12,17H2,1-4H3. The normalized spacial score (nSPS) is 22.9. The van der Waals surface area contributed by atoms with Crippen molar-refractivity contribution in [2.24, 2.45) is 17.6 Å².